The van der Waals surface area contributed by atoms with E-state index >= 15 is 0 Å². The molecular weight excluding hydrogens is 621 g/mol. The summed E-state index contributed by atoms with van der Waals surface area (Å²) in [6, 6.07) is 54.5. The summed E-state index contributed by atoms with van der Waals surface area (Å²) < 4.78 is 2.81. The molecule has 0 N–H and O–H groups in total. The van der Waals surface area contributed by atoms with Crippen LogP contribution in [0.25, 0.3) is 86.2 Å². The number of thiophene rings is 1. The Kier molecular flexibility index (Phi) is 6.32. The molecule has 0 atom stereocenters. The average Bonchev–Trinajstić information content (AvgIpc) is 3.63. The minimum absolute atomic E-state index is 0.113. The SMILES string of the molecule is Cc1ccc2c(c1)sc1c3c(cc(C)c12)C(C)(C)c1cc(-c2c4ccccc4c(-c4ccc(-c5ccccc5)cc4)c4ccccc24)ccc1-3. The predicted octanol–water partition coefficient (Wildman–Crippen LogP) is 14.3. The molecule has 0 spiro atoms. The minimum atomic E-state index is -0.113. The van der Waals surface area contributed by atoms with E-state index in [0.29, 0.717) is 0 Å². The van der Waals surface area contributed by atoms with Crippen LogP contribution >= 0.6 is 11.3 Å². The van der Waals surface area contributed by atoms with Crippen molar-refractivity contribution in [1.82, 2.24) is 0 Å². The van der Waals surface area contributed by atoms with E-state index in [4.69, 9.17) is 0 Å². The van der Waals surface area contributed by atoms with Gasteiger partial charge in [-0.1, -0.05) is 147 Å². The number of fused-ring (bicyclic) bond motifs is 9. The van der Waals surface area contributed by atoms with Crippen molar-refractivity contribution in [3.63, 3.8) is 0 Å². The fourth-order valence-electron chi connectivity index (χ4n) is 8.81. The fraction of sp³-hybridized carbons (Fsp3) is 0.102. The lowest BCUT2D eigenvalue weighted by molar-refractivity contribution is 0.660. The highest BCUT2D eigenvalue weighted by Crippen LogP contribution is 2.56. The van der Waals surface area contributed by atoms with Gasteiger partial charge in [-0.3, -0.25) is 0 Å². The molecule has 0 radical (unpaired) electrons. The van der Waals surface area contributed by atoms with Gasteiger partial charge in [0.2, 0.25) is 0 Å². The van der Waals surface area contributed by atoms with Crippen LogP contribution in [0, 0.1) is 13.8 Å². The van der Waals surface area contributed by atoms with Crippen molar-refractivity contribution in [2.45, 2.75) is 33.1 Å². The molecule has 8 aromatic carbocycles. The van der Waals surface area contributed by atoms with E-state index in [1.807, 2.05) is 11.3 Å². The van der Waals surface area contributed by atoms with Crippen LogP contribution in [-0.2, 0) is 5.41 Å². The second-order valence-corrected chi connectivity index (χ2v) is 15.6. The Morgan fingerprint density at radius 2 is 1.00 bits per heavy atom. The number of aryl methyl sites for hydroxylation is 2. The van der Waals surface area contributed by atoms with Crippen LogP contribution in [0.3, 0.4) is 0 Å². The summed E-state index contributed by atoms with van der Waals surface area (Å²) in [5.41, 5.74) is 15.9. The molecule has 1 aromatic heterocycles. The molecule has 0 fully saturated rings. The molecule has 0 saturated carbocycles. The molecule has 0 unspecified atom stereocenters. The number of hydrogen-bond acceptors (Lipinski definition) is 1. The summed E-state index contributed by atoms with van der Waals surface area (Å²) in [4.78, 5) is 0. The van der Waals surface area contributed by atoms with Gasteiger partial charge < -0.3 is 0 Å². The summed E-state index contributed by atoms with van der Waals surface area (Å²) >= 11 is 1.96. The first kappa shape index (κ1) is 29.4. The van der Waals surface area contributed by atoms with Crippen LogP contribution in [0.4, 0.5) is 0 Å². The number of benzene rings is 8. The van der Waals surface area contributed by atoms with Crippen molar-refractivity contribution in [1.29, 1.82) is 0 Å². The van der Waals surface area contributed by atoms with Crippen molar-refractivity contribution in [2.75, 3.05) is 0 Å². The highest BCUT2D eigenvalue weighted by molar-refractivity contribution is 7.26. The van der Waals surface area contributed by atoms with Gasteiger partial charge in [0.15, 0.2) is 0 Å². The number of rotatable bonds is 3. The van der Waals surface area contributed by atoms with E-state index in [1.54, 1.807) is 0 Å². The van der Waals surface area contributed by atoms with Gasteiger partial charge in [0.1, 0.15) is 0 Å². The Hall–Kier alpha value is -5.50. The molecule has 10 rings (SSSR count). The van der Waals surface area contributed by atoms with Gasteiger partial charge in [0.25, 0.3) is 0 Å². The third-order valence-electron chi connectivity index (χ3n) is 11.2. The third-order valence-corrected chi connectivity index (χ3v) is 12.4. The van der Waals surface area contributed by atoms with Crippen molar-refractivity contribution < 1.29 is 0 Å². The van der Waals surface area contributed by atoms with Crippen LogP contribution in [0.1, 0.15) is 36.1 Å². The first-order valence-corrected chi connectivity index (χ1v) is 18.4. The van der Waals surface area contributed by atoms with Crippen LogP contribution in [0.5, 0.6) is 0 Å². The van der Waals surface area contributed by atoms with Crippen LogP contribution in [0.15, 0.2) is 146 Å². The molecule has 0 bridgehead atoms. The van der Waals surface area contributed by atoms with Crippen molar-refractivity contribution in [2.24, 2.45) is 0 Å². The summed E-state index contributed by atoms with van der Waals surface area (Å²) in [7, 11) is 0. The first-order chi connectivity index (χ1) is 24.4. The van der Waals surface area contributed by atoms with Gasteiger partial charge in [0, 0.05) is 31.2 Å². The second kappa shape index (κ2) is 10.7. The zero-order chi connectivity index (χ0) is 33.7. The predicted molar refractivity (Wildman–Crippen MR) is 218 cm³/mol. The Morgan fingerprint density at radius 1 is 0.440 bits per heavy atom. The van der Waals surface area contributed by atoms with Crippen LogP contribution in [-0.4, -0.2) is 0 Å². The summed E-state index contributed by atoms with van der Waals surface area (Å²) in [5, 5.41) is 7.95. The van der Waals surface area contributed by atoms with Crippen LogP contribution in [0.2, 0.25) is 0 Å². The molecule has 0 nitrogen and oxygen atoms in total. The third kappa shape index (κ3) is 4.17. The van der Waals surface area contributed by atoms with E-state index < -0.39 is 0 Å². The fourth-order valence-corrected chi connectivity index (χ4v) is 10.2. The normalized spacial score (nSPS) is 13.4. The van der Waals surface area contributed by atoms with Crippen molar-refractivity contribution >= 4 is 53.1 Å². The Morgan fingerprint density at radius 3 is 1.66 bits per heavy atom. The average molecular weight is 657 g/mol. The number of hydrogen-bond donors (Lipinski definition) is 0. The van der Waals surface area contributed by atoms with E-state index in [-0.39, 0.29) is 5.41 Å². The maximum Gasteiger partial charge on any atom is 0.0439 e. The lowest BCUT2D eigenvalue weighted by atomic mass is 9.80. The van der Waals surface area contributed by atoms with Gasteiger partial charge in [-0.15, -0.1) is 11.3 Å². The quantitative estimate of drug-likeness (QED) is 0.166. The molecule has 9 aromatic rings. The highest BCUT2D eigenvalue weighted by Gasteiger charge is 2.38. The topological polar surface area (TPSA) is 0 Å². The molecule has 50 heavy (non-hydrogen) atoms. The zero-order valence-electron chi connectivity index (χ0n) is 28.8. The molecule has 0 aliphatic heterocycles. The Bertz CT molecular complexity index is 2770. The van der Waals surface area contributed by atoms with Gasteiger partial charge in [-0.25, -0.2) is 0 Å². The lowest BCUT2D eigenvalue weighted by Gasteiger charge is -2.23. The van der Waals surface area contributed by atoms with E-state index in [2.05, 4.69) is 173 Å². The molecule has 1 aliphatic carbocycles. The molecule has 0 amide bonds. The second-order valence-electron chi connectivity index (χ2n) is 14.6. The monoisotopic (exact) mass is 656 g/mol. The zero-order valence-corrected chi connectivity index (χ0v) is 29.6. The van der Waals surface area contributed by atoms with E-state index in [9.17, 15) is 0 Å². The van der Waals surface area contributed by atoms with Gasteiger partial charge in [0.05, 0.1) is 0 Å². The van der Waals surface area contributed by atoms with E-state index in [0.717, 1.165) is 0 Å². The van der Waals surface area contributed by atoms with Gasteiger partial charge in [-0.2, -0.15) is 0 Å². The maximum absolute atomic E-state index is 2.51. The summed E-state index contributed by atoms with van der Waals surface area (Å²) in [6.45, 7) is 9.34. The molecule has 1 heteroatoms. The lowest BCUT2D eigenvalue weighted by Crippen LogP contribution is -2.15. The largest absolute Gasteiger partial charge is 0.135 e. The molecule has 1 heterocycles. The molecule has 238 valence electrons. The summed E-state index contributed by atoms with van der Waals surface area (Å²) in [5.74, 6) is 0. The highest BCUT2D eigenvalue weighted by atomic mass is 32.1. The Balaban J connectivity index is 1.19. The summed E-state index contributed by atoms with van der Waals surface area (Å²) in [6.07, 6.45) is 0. The smallest absolute Gasteiger partial charge is 0.0439 e. The minimum Gasteiger partial charge on any atom is -0.135 e. The van der Waals surface area contributed by atoms with Crippen LogP contribution < -0.4 is 0 Å². The molecule has 0 saturated heterocycles. The van der Waals surface area contributed by atoms with Crippen molar-refractivity contribution in [3.8, 4) is 44.5 Å². The molecular formula is C49H36S. The molecule has 1 aliphatic rings. The Labute approximate surface area is 297 Å². The standard InChI is InChI=1S/C49H36S/c1-29-18-24-40-43(26-29)50-48-44(40)30(2)27-42-47(48)39-25-23-34(28-41(39)49(42,3)4)46-37-16-10-8-14-35(37)45(36-15-9-11-17-38(36)46)33-21-19-32(20-22-33)31-12-6-5-7-13-31/h5-28H,1-4H3. The van der Waals surface area contributed by atoms with Gasteiger partial charge in [-0.05, 0) is 109 Å². The first-order valence-electron chi connectivity index (χ1n) is 17.6. The van der Waals surface area contributed by atoms with Crippen molar-refractivity contribution in [3.05, 3.63) is 168 Å². The van der Waals surface area contributed by atoms with Gasteiger partial charge >= 0.3 is 0 Å². The maximum atomic E-state index is 2.51. The van der Waals surface area contributed by atoms with E-state index in [1.165, 1.54) is 108 Å².